The molecule has 25 heavy (non-hydrogen) atoms. The first-order valence-corrected chi connectivity index (χ1v) is 20.1. The molecular weight excluding hydrogens is 352 g/mol. The molecule has 0 radical (unpaired) electrons. The van der Waals surface area contributed by atoms with Crippen molar-refractivity contribution in [3.05, 3.63) is 10.8 Å². The molecule has 0 aromatic carbocycles. The van der Waals surface area contributed by atoms with Gasteiger partial charge in [-0.1, -0.05) is 91.6 Å². The highest BCUT2D eigenvalue weighted by atomic mass is 29.3. The van der Waals surface area contributed by atoms with Gasteiger partial charge in [0.25, 0.3) is 0 Å². The van der Waals surface area contributed by atoms with E-state index in [9.17, 15) is 0 Å². The molecule has 4 heteroatoms. The highest BCUT2D eigenvalue weighted by molar-refractivity contribution is 7.45. The van der Waals surface area contributed by atoms with Gasteiger partial charge in [0, 0.05) is 5.60 Å². The molecule has 1 heterocycles. The number of hydrogen-bond acceptors (Lipinski definition) is 1. The molecule has 0 N–H and O–H groups in total. The lowest BCUT2D eigenvalue weighted by Crippen LogP contribution is -2.77. The van der Waals surface area contributed by atoms with E-state index in [-0.39, 0.29) is 16.4 Å². The maximum atomic E-state index is 7.31. The first kappa shape index (κ1) is 23.4. The molecule has 0 amide bonds. The fourth-order valence-electron chi connectivity index (χ4n) is 4.98. The Morgan fingerprint density at radius 3 is 1.32 bits per heavy atom. The minimum Gasteiger partial charge on any atom is -0.410 e. The van der Waals surface area contributed by atoms with Crippen molar-refractivity contribution in [2.45, 2.75) is 112 Å². The lowest BCUT2D eigenvalue weighted by atomic mass is 9.80. The van der Waals surface area contributed by atoms with E-state index in [1.165, 1.54) is 0 Å². The van der Waals surface area contributed by atoms with E-state index >= 15 is 0 Å². The lowest BCUT2D eigenvalue weighted by Gasteiger charge is -2.66. The summed E-state index contributed by atoms with van der Waals surface area (Å²) in [4.78, 5) is 0. The van der Waals surface area contributed by atoms with Crippen LogP contribution < -0.4 is 0 Å². The van der Waals surface area contributed by atoms with Crippen molar-refractivity contribution in [3.8, 4) is 0 Å². The third kappa shape index (κ3) is 4.27. The molecule has 0 bridgehead atoms. The van der Waals surface area contributed by atoms with Gasteiger partial charge in [-0.3, -0.25) is 0 Å². The predicted molar refractivity (Wildman–Crippen MR) is 123 cm³/mol. The Bertz CT molecular complexity index is 542. The highest BCUT2D eigenvalue weighted by Crippen LogP contribution is 2.65. The Balaban J connectivity index is 3.98. The molecule has 0 aliphatic carbocycles. The van der Waals surface area contributed by atoms with Crippen molar-refractivity contribution >= 4 is 23.5 Å². The molecule has 0 spiro atoms. The van der Waals surface area contributed by atoms with E-state index in [0.29, 0.717) is 0 Å². The monoisotopic (exact) mass is 398 g/mol. The van der Waals surface area contributed by atoms with Gasteiger partial charge in [0.2, 0.25) is 7.83 Å². The van der Waals surface area contributed by atoms with Gasteiger partial charge in [-0.05, 0) is 36.8 Å². The average Bonchev–Trinajstić information content (AvgIpc) is 2.13. The lowest BCUT2D eigenvalue weighted by molar-refractivity contribution is 0.118. The Hall–Kier alpha value is 0.351. The zero-order chi connectivity index (χ0) is 20.4. The normalized spacial score (nSPS) is 26.8. The molecule has 1 aliphatic heterocycles. The van der Waals surface area contributed by atoms with Gasteiger partial charge in [-0.15, -0.1) is 0 Å². The number of rotatable bonds is 3. The van der Waals surface area contributed by atoms with E-state index in [1.54, 1.807) is 10.8 Å². The minimum atomic E-state index is -2.00. The largest absolute Gasteiger partial charge is 0.410 e. The van der Waals surface area contributed by atoms with Crippen LogP contribution in [-0.4, -0.2) is 29.1 Å². The molecule has 1 aliphatic rings. The van der Waals surface area contributed by atoms with Gasteiger partial charge < -0.3 is 4.43 Å². The van der Waals surface area contributed by atoms with Crippen LogP contribution in [0.2, 0.25) is 44.4 Å². The average molecular weight is 399 g/mol. The summed E-state index contributed by atoms with van der Waals surface area (Å²) in [5, 5.41) is 2.52. The Morgan fingerprint density at radius 1 is 0.720 bits per heavy atom. The second-order valence-electron chi connectivity index (χ2n) is 13.3. The summed E-state index contributed by atoms with van der Waals surface area (Å²) in [7, 11) is -4.91. The van der Waals surface area contributed by atoms with Crippen molar-refractivity contribution in [3.63, 3.8) is 0 Å². The molecule has 1 nitrogen and oxygen atoms in total. The molecule has 0 unspecified atom stereocenters. The van der Waals surface area contributed by atoms with E-state index in [4.69, 9.17) is 4.43 Å². The van der Waals surface area contributed by atoms with Gasteiger partial charge in [0.15, 0.2) is 0 Å². The minimum absolute atomic E-state index is 0.0652. The summed E-state index contributed by atoms with van der Waals surface area (Å²) < 4.78 is 7.31. The van der Waals surface area contributed by atoms with Crippen LogP contribution >= 0.6 is 0 Å². The van der Waals surface area contributed by atoms with Crippen LogP contribution in [0.15, 0.2) is 10.8 Å². The van der Waals surface area contributed by atoms with Crippen LogP contribution in [0.25, 0.3) is 0 Å². The van der Waals surface area contributed by atoms with Crippen LogP contribution in [0.5, 0.6) is 0 Å². The Kier molecular flexibility index (Phi) is 5.78. The standard InChI is InChI=1S/C21H46OSi3/c1-19(2,3)16-17(20(4,5)6)25(24(13,14)15,22-21(7,8)9)18(16)23(10,11)12/h18H,1-15H3/t18-,25-/m0/s1. The van der Waals surface area contributed by atoms with E-state index in [0.717, 1.165) is 5.16 Å². The van der Waals surface area contributed by atoms with Crippen LogP contribution in [-0.2, 0) is 4.43 Å². The Morgan fingerprint density at radius 2 is 1.12 bits per heavy atom. The zero-order valence-corrected chi connectivity index (χ0v) is 23.0. The molecule has 0 saturated heterocycles. The van der Waals surface area contributed by atoms with Crippen molar-refractivity contribution in [1.82, 2.24) is 0 Å². The molecule has 2 atom stereocenters. The fourth-order valence-corrected chi connectivity index (χ4v) is 34.7. The molecule has 0 saturated carbocycles. The first-order chi connectivity index (χ1) is 10.6. The third-order valence-corrected chi connectivity index (χ3v) is 26.7. The van der Waals surface area contributed by atoms with Crippen molar-refractivity contribution in [2.24, 2.45) is 10.8 Å². The summed E-state index contributed by atoms with van der Waals surface area (Å²) in [6, 6.07) is 0. The predicted octanol–water partition coefficient (Wildman–Crippen LogP) is 7.35. The summed E-state index contributed by atoms with van der Waals surface area (Å²) in [6.07, 6.45) is 0. The van der Waals surface area contributed by atoms with Crippen LogP contribution in [0.4, 0.5) is 0 Å². The molecule has 0 aromatic rings. The fraction of sp³-hybridized carbons (Fsp3) is 0.905. The molecule has 0 aromatic heterocycles. The second kappa shape index (κ2) is 6.18. The SMILES string of the molecule is CC(C)(C)O[Si@]1([Si](C)(C)C)C(C(C)(C)C)=C(C(C)(C)C)[C@H]1[Si](C)(C)C. The van der Waals surface area contributed by atoms with Crippen molar-refractivity contribution < 1.29 is 4.43 Å². The maximum Gasteiger partial charge on any atom is 0.211 e. The highest BCUT2D eigenvalue weighted by Gasteiger charge is 2.71. The maximum absolute atomic E-state index is 7.31. The van der Waals surface area contributed by atoms with Gasteiger partial charge in [-0.25, -0.2) is 0 Å². The summed E-state index contributed by atoms with van der Waals surface area (Å²) in [5.74, 6) is 0. The van der Waals surface area contributed by atoms with Crippen molar-refractivity contribution in [2.75, 3.05) is 0 Å². The molecule has 1 rings (SSSR count). The van der Waals surface area contributed by atoms with Crippen LogP contribution in [0.1, 0.15) is 62.3 Å². The number of hydrogen-bond donors (Lipinski definition) is 0. The van der Waals surface area contributed by atoms with E-state index < -0.39 is 23.5 Å². The van der Waals surface area contributed by atoms with Crippen LogP contribution in [0.3, 0.4) is 0 Å². The smallest absolute Gasteiger partial charge is 0.211 e. The van der Waals surface area contributed by atoms with Crippen molar-refractivity contribution in [1.29, 1.82) is 0 Å². The van der Waals surface area contributed by atoms with E-state index in [2.05, 4.69) is 102 Å². The summed E-state index contributed by atoms with van der Waals surface area (Å²) in [6.45, 7) is 36.9. The summed E-state index contributed by atoms with van der Waals surface area (Å²) in [5.41, 5.74) is 2.16. The third-order valence-electron chi connectivity index (χ3n) is 5.34. The van der Waals surface area contributed by atoms with E-state index in [1.807, 2.05) is 0 Å². The van der Waals surface area contributed by atoms with Gasteiger partial charge >= 0.3 is 0 Å². The zero-order valence-electron chi connectivity index (χ0n) is 20.0. The van der Waals surface area contributed by atoms with Gasteiger partial charge in [0.1, 0.15) is 0 Å². The summed E-state index contributed by atoms with van der Waals surface area (Å²) >= 11 is 0. The quantitative estimate of drug-likeness (QED) is 0.451. The van der Waals surface area contributed by atoms with Gasteiger partial charge in [-0.2, -0.15) is 0 Å². The Labute approximate surface area is 162 Å². The van der Waals surface area contributed by atoms with Gasteiger partial charge in [0.05, 0.1) is 15.7 Å². The number of allylic oxidation sites excluding steroid dienone is 2. The topological polar surface area (TPSA) is 9.23 Å². The first-order valence-electron chi connectivity index (χ1n) is 10.0. The molecule has 0 fully saturated rings. The molecular formula is C21H46OSi3. The molecule has 148 valence electrons. The van der Waals surface area contributed by atoms with Crippen LogP contribution in [0, 0.1) is 10.8 Å². The second-order valence-corrected chi connectivity index (χ2v) is 33.2.